The monoisotopic (exact) mass is 300 g/mol. The van der Waals surface area contributed by atoms with Crippen LogP contribution in [0.1, 0.15) is 62.4 Å². The van der Waals surface area contributed by atoms with E-state index >= 15 is 0 Å². The molecule has 1 saturated carbocycles. The molecule has 1 aromatic heterocycles. The van der Waals surface area contributed by atoms with Gasteiger partial charge in [0.15, 0.2) is 0 Å². The first-order valence-electron chi connectivity index (χ1n) is 7.94. The van der Waals surface area contributed by atoms with Gasteiger partial charge in [-0.2, -0.15) is 0 Å². The number of hydrogen-bond donors (Lipinski definition) is 1. The highest BCUT2D eigenvalue weighted by atomic mass is 32.1. The number of aromatic nitrogens is 1. The molecular weight excluding hydrogens is 276 g/mol. The molecule has 112 valence electrons. The summed E-state index contributed by atoms with van der Waals surface area (Å²) in [5.41, 5.74) is 10.0. The Labute approximate surface area is 131 Å². The summed E-state index contributed by atoms with van der Waals surface area (Å²) in [6.45, 7) is 4.44. The summed E-state index contributed by atoms with van der Waals surface area (Å²) in [4.78, 5) is 4.84. The van der Waals surface area contributed by atoms with Gasteiger partial charge in [0.2, 0.25) is 0 Å². The van der Waals surface area contributed by atoms with Crippen molar-refractivity contribution in [1.82, 2.24) is 4.98 Å². The zero-order valence-electron chi connectivity index (χ0n) is 12.9. The first-order valence-corrected chi connectivity index (χ1v) is 8.82. The van der Waals surface area contributed by atoms with Crippen LogP contribution in [0.2, 0.25) is 0 Å². The van der Waals surface area contributed by atoms with Crippen LogP contribution < -0.4 is 5.73 Å². The maximum atomic E-state index is 6.58. The molecule has 0 aliphatic heterocycles. The van der Waals surface area contributed by atoms with Gasteiger partial charge in [-0.15, -0.1) is 11.3 Å². The predicted octanol–water partition coefficient (Wildman–Crippen LogP) is 5.05. The number of nitrogens with two attached hydrogens (primary N) is 1. The molecule has 0 spiro atoms. The number of nitrogens with zero attached hydrogens (tertiary/aromatic N) is 1. The number of hydrogen-bond acceptors (Lipinski definition) is 3. The lowest BCUT2D eigenvalue weighted by molar-refractivity contribution is 0.301. The Hall–Kier alpha value is -1.19. The summed E-state index contributed by atoms with van der Waals surface area (Å²) < 4.78 is 0. The van der Waals surface area contributed by atoms with E-state index in [4.69, 9.17) is 10.7 Å². The SMILES string of the molecule is CC(C)c1ccc(-c2csc(C3(N)CCCCC3)n2)cc1. The predicted molar refractivity (Wildman–Crippen MR) is 90.6 cm³/mol. The van der Waals surface area contributed by atoms with E-state index in [0.29, 0.717) is 5.92 Å². The first kappa shape index (κ1) is 14.7. The van der Waals surface area contributed by atoms with Gasteiger partial charge >= 0.3 is 0 Å². The Bertz CT molecular complexity index is 592. The van der Waals surface area contributed by atoms with Crippen molar-refractivity contribution in [1.29, 1.82) is 0 Å². The Morgan fingerprint density at radius 1 is 1.10 bits per heavy atom. The molecule has 1 aromatic carbocycles. The van der Waals surface area contributed by atoms with Gasteiger partial charge in [-0.3, -0.25) is 0 Å². The zero-order valence-corrected chi connectivity index (χ0v) is 13.7. The van der Waals surface area contributed by atoms with Crippen molar-refractivity contribution in [3.05, 3.63) is 40.2 Å². The van der Waals surface area contributed by atoms with Gasteiger partial charge in [0.05, 0.1) is 11.2 Å². The summed E-state index contributed by atoms with van der Waals surface area (Å²) in [6.07, 6.45) is 5.93. The average Bonchev–Trinajstić information content (AvgIpc) is 2.99. The molecule has 0 unspecified atom stereocenters. The van der Waals surface area contributed by atoms with Gasteiger partial charge in [0.1, 0.15) is 5.01 Å². The largest absolute Gasteiger partial charge is 0.319 e. The topological polar surface area (TPSA) is 38.9 Å². The summed E-state index contributed by atoms with van der Waals surface area (Å²) in [7, 11) is 0. The molecule has 2 aromatic rings. The van der Waals surface area contributed by atoms with Crippen LogP contribution in [0.5, 0.6) is 0 Å². The molecule has 1 fully saturated rings. The van der Waals surface area contributed by atoms with Gasteiger partial charge in [-0.1, -0.05) is 57.4 Å². The van der Waals surface area contributed by atoms with Crippen LogP contribution in [0.25, 0.3) is 11.3 Å². The van der Waals surface area contributed by atoms with Crippen LogP contribution in [-0.2, 0) is 5.54 Å². The molecule has 1 aliphatic carbocycles. The van der Waals surface area contributed by atoms with Crippen molar-refractivity contribution in [3.8, 4) is 11.3 Å². The molecule has 2 nitrogen and oxygen atoms in total. The fraction of sp³-hybridized carbons (Fsp3) is 0.500. The molecule has 21 heavy (non-hydrogen) atoms. The number of thiazole rings is 1. The average molecular weight is 300 g/mol. The summed E-state index contributed by atoms with van der Waals surface area (Å²) in [5.74, 6) is 0.569. The van der Waals surface area contributed by atoms with Crippen molar-refractivity contribution in [2.45, 2.75) is 57.4 Å². The highest BCUT2D eigenvalue weighted by molar-refractivity contribution is 7.10. The van der Waals surface area contributed by atoms with Crippen molar-refractivity contribution in [2.75, 3.05) is 0 Å². The normalized spacial score (nSPS) is 18.1. The van der Waals surface area contributed by atoms with E-state index in [9.17, 15) is 0 Å². The standard InChI is InChI=1S/C18H24N2S/c1-13(2)14-6-8-15(9-7-14)16-12-21-17(20-16)18(19)10-4-3-5-11-18/h6-9,12-13H,3-5,10-11,19H2,1-2H3. The van der Waals surface area contributed by atoms with E-state index < -0.39 is 0 Å². The van der Waals surface area contributed by atoms with E-state index in [1.54, 1.807) is 11.3 Å². The molecule has 3 rings (SSSR count). The quantitative estimate of drug-likeness (QED) is 0.861. The van der Waals surface area contributed by atoms with Gasteiger partial charge in [0.25, 0.3) is 0 Å². The van der Waals surface area contributed by atoms with Gasteiger partial charge < -0.3 is 5.73 Å². The first-order chi connectivity index (χ1) is 10.1. The minimum Gasteiger partial charge on any atom is -0.319 e. The van der Waals surface area contributed by atoms with Gasteiger partial charge in [0, 0.05) is 10.9 Å². The van der Waals surface area contributed by atoms with E-state index in [0.717, 1.165) is 23.5 Å². The number of rotatable bonds is 3. The van der Waals surface area contributed by atoms with Crippen LogP contribution in [0.4, 0.5) is 0 Å². The lowest BCUT2D eigenvalue weighted by Gasteiger charge is -2.31. The number of benzene rings is 1. The van der Waals surface area contributed by atoms with E-state index in [-0.39, 0.29) is 5.54 Å². The molecule has 0 bridgehead atoms. The molecule has 3 heteroatoms. The molecule has 0 atom stereocenters. The van der Waals surface area contributed by atoms with Crippen LogP contribution in [0.3, 0.4) is 0 Å². The van der Waals surface area contributed by atoms with Crippen LogP contribution in [0.15, 0.2) is 29.6 Å². The molecular formula is C18H24N2S. The molecule has 2 N–H and O–H groups in total. The maximum Gasteiger partial charge on any atom is 0.113 e. The zero-order chi connectivity index (χ0) is 14.9. The van der Waals surface area contributed by atoms with Crippen molar-refractivity contribution >= 4 is 11.3 Å². The van der Waals surface area contributed by atoms with Gasteiger partial charge in [-0.05, 0) is 24.3 Å². The van der Waals surface area contributed by atoms with Crippen LogP contribution in [-0.4, -0.2) is 4.98 Å². The lowest BCUT2D eigenvalue weighted by atomic mass is 9.83. The van der Waals surface area contributed by atoms with Crippen molar-refractivity contribution in [3.63, 3.8) is 0 Å². The highest BCUT2D eigenvalue weighted by Crippen LogP contribution is 2.37. The van der Waals surface area contributed by atoms with E-state index in [1.165, 1.54) is 30.4 Å². The molecule has 0 saturated heterocycles. The fourth-order valence-electron chi connectivity index (χ4n) is 3.07. The van der Waals surface area contributed by atoms with Crippen molar-refractivity contribution in [2.24, 2.45) is 5.73 Å². The Morgan fingerprint density at radius 3 is 2.38 bits per heavy atom. The third-order valence-electron chi connectivity index (χ3n) is 4.55. The highest BCUT2D eigenvalue weighted by Gasteiger charge is 2.32. The summed E-state index contributed by atoms with van der Waals surface area (Å²) in [6, 6.07) is 8.77. The third kappa shape index (κ3) is 3.04. The van der Waals surface area contributed by atoms with Crippen LogP contribution >= 0.6 is 11.3 Å². The smallest absolute Gasteiger partial charge is 0.113 e. The van der Waals surface area contributed by atoms with E-state index in [1.807, 2.05) is 0 Å². The van der Waals surface area contributed by atoms with Crippen molar-refractivity contribution < 1.29 is 0 Å². The Morgan fingerprint density at radius 2 is 1.76 bits per heavy atom. The minimum atomic E-state index is -0.182. The summed E-state index contributed by atoms with van der Waals surface area (Å²) >= 11 is 1.72. The molecule has 1 aliphatic rings. The third-order valence-corrected chi connectivity index (χ3v) is 5.61. The van der Waals surface area contributed by atoms with Crippen LogP contribution in [0, 0.1) is 0 Å². The minimum absolute atomic E-state index is 0.182. The van der Waals surface area contributed by atoms with E-state index in [2.05, 4.69) is 43.5 Å². The fourth-order valence-corrected chi connectivity index (χ4v) is 4.07. The van der Waals surface area contributed by atoms with Gasteiger partial charge in [-0.25, -0.2) is 4.98 Å². The molecule has 0 amide bonds. The second-order valence-corrected chi connectivity index (χ2v) is 7.39. The molecule has 1 heterocycles. The second kappa shape index (κ2) is 5.90. The Kier molecular flexibility index (Phi) is 4.14. The summed E-state index contributed by atoms with van der Waals surface area (Å²) in [5, 5.41) is 3.27. The Balaban J connectivity index is 1.84. The second-order valence-electron chi connectivity index (χ2n) is 6.53. The lowest BCUT2D eigenvalue weighted by Crippen LogP contribution is -2.38. The molecule has 0 radical (unpaired) electrons. The maximum absolute atomic E-state index is 6.58.